The summed E-state index contributed by atoms with van der Waals surface area (Å²) in [5.74, 6) is 0.486. The van der Waals surface area contributed by atoms with Gasteiger partial charge in [-0.25, -0.2) is 0 Å². The SMILES string of the molecule is CN1CCC(=O)C2(CC2)C1c1ccccc1. The molecule has 0 amide bonds. The van der Waals surface area contributed by atoms with Crippen LogP contribution in [0.4, 0.5) is 0 Å². The number of piperidine rings is 1. The third-order valence-corrected chi connectivity index (χ3v) is 4.12. The van der Waals surface area contributed by atoms with E-state index in [0.29, 0.717) is 11.8 Å². The molecule has 1 aliphatic carbocycles. The van der Waals surface area contributed by atoms with E-state index in [1.807, 2.05) is 6.07 Å². The minimum Gasteiger partial charge on any atom is -0.299 e. The second-order valence-corrected chi connectivity index (χ2v) is 5.12. The van der Waals surface area contributed by atoms with Gasteiger partial charge in [-0.3, -0.25) is 9.69 Å². The third-order valence-electron chi connectivity index (χ3n) is 4.12. The summed E-state index contributed by atoms with van der Waals surface area (Å²) in [5.41, 5.74) is 1.27. The van der Waals surface area contributed by atoms with Crippen LogP contribution in [-0.4, -0.2) is 24.3 Å². The third kappa shape index (κ3) is 1.33. The standard InChI is InChI=1S/C14H17NO/c1-15-10-7-12(16)14(8-9-14)13(15)11-5-3-2-4-6-11/h2-6,13H,7-10H2,1H3. The van der Waals surface area contributed by atoms with E-state index in [2.05, 4.69) is 36.2 Å². The fraction of sp³-hybridized carbons (Fsp3) is 0.500. The van der Waals surface area contributed by atoms with Gasteiger partial charge in [0.15, 0.2) is 0 Å². The van der Waals surface area contributed by atoms with Gasteiger partial charge in [0.25, 0.3) is 0 Å². The smallest absolute Gasteiger partial charge is 0.142 e. The predicted octanol–water partition coefficient (Wildman–Crippen LogP) is 2.41. The quantitative estimate of drug-likeness (QED) is 0.717. The van der Waals surface area contributed by atoms with Crippen LogP contribution < -0.4 is 0 Å². The molecule has 1 saturated carbocycles. The molecule has 1 aromatic carbocycles. The van der Waals surface area contributed by atoms with Crippen LogP contribution in [0.5, 0.6) is 0 Å². The fourth-order valence-corrected chi connectivity index (χ4v) is 3.13. The molecule has 1 heterocycles. The summed E-state index contributed by atoms with van der Waals surface area (Å²) >= 11 is 0. The molecule has 1 atom stereocenters. The van der Waals surface area contributed by atoms with Gasteiger partial charge in [-0.15, -0.1) is 0 Å². The van der Waals surface area contributed by atoms with E-state index in [-0.39, 0.29) is 5.41 Å². The summed E-state index contributed by atoms with van der Waals surface area (Å²) in [4.78, 5) is 14.4. The number of benzene rings is 1. The summed E-state index contributed by atoms with van der Waals surface area (Å²) in [6.07, 6.45) is 2.89. The average Bonchev–Trinajstić information content (AvgIpc) is 3.08. The molecule has 1 aliphatic heterocycles. The van der Waals surface area contributed by atoms with Crippen molar-refractivity contribution >= 4 is 5.78 Å². The molecular formula is C14H17NO. The second-order valence-electron chi connectivity index (χ2n) is 5.12. The molecular weight excluding hydrogens is 198 g/mol. The molecule has 2 fully saturated rings. The van der Waals surface area contributed by atoms with Crippen molar-refractivity contribution in [3.63, 3.8) is 0 Å². The first-order valence-electron chi connectivity index (χ1n) is 6.02. The molecule has 2 aliphatic rings. The Hall–Kier alpha value is -1.15. The van der Waals surface area contributed by atoms with E-state index in [4.69, 9.17) is 0 Å². The maximum absolute atomic E-state index is 12.1. The van der Waals surface area contributed by atoms with Crippen LogP contribution in [0.25, 0.3) is 0 Å². The number of Topliss-reactive ketones (excluding diaryl/α,β-unsaturated/α-hetero) is 1. The second kappa shape index (κ2) is 3.42. The van der Waals surface area contributed by atoms with E-state index in [9.17, 15) is 4.79 Å². The molecule has 2 nitrogen and oxygen atoms in total. The van der Waals surface area contributed by atoms with Crippen molar-refractivity contribution in [2.45, 2.75) is 25.3 Å². The molecule has 1 aromatic rings. The maximum atomic E-state index is 12.1. The highest BCUT2D eigenvalue weighted by Gasteiger charge is 2.58. The Kier molecular flexibility index (Phi) is 2.15. The summed E-state index contributed by atoms with van der Waals surface area (Å²) < 4.78 is 0. The minimum atomic E-state index is -0.0334. The molecule has 84 valence electrons. The zero-order valence-electron chi connectivity index (χ0n) is 9.65. The number of hydrogen-bond donors (Lipinski definition) is 0. The van der Waals surface area contributed by atoms with Crippen LogP contribution in [0, 0.1) is 5.41 Å². The lowest BCUT2D eigenvalue weighted by Crippen LogP contribution is -2.42. The number of likely N-dealkylation sites (tertiary alicyclic amines) is 1. The van der Waals surface area contributed by atoms with Gasteiger partial charge in [-0.1, -0.05) is 30.3 Å². The number of nitrogens with zero attached hydrogens (tertiary/aromatic N) is 1. The highest BCUT2D eigenvalue weighted by atomic mass is 16.1. The molecule has 2 heteroatoms. The Morgan fingerprint density at radius 3 is 2.56 bits per heavy atom. The van der Waals surface area contributed by atoms with Gasteiger partial charge in [0.2, 0.25) is 0 Å². The average molecular weight is 215 g/mol. The number of hydrogen-bond acceptors (Lipinski definition) is 2. The van der Waals surface area contributed by atoms with Crippen LogP contribution in [0.2, 0.25) is 0 Å². The highest BCUT2D eigenvalue weighted by Crippen LogP contribution is 2.59. The number of rotatable bonds is 1. The number of carbonyl (C=O) groups excluding carboxylic acids is 1. The molecule has 0 N–H and O–H groups in total. The zero-order chi connectivity index (χ0) is 11.2. The van der Waals surface area contributed by atoms with Crippen LogP contribution in [0.15, 0.2) is 30.3 Å². The van der Waals surface area contributed by atoms with Crippen molar-refractivity contribution in [2.24, 2.45) is 5.41 Å². The summed E-state index contributed by atoms with van der Waals surface area (Å²) in [6.45, 7) is 0.903. The van der Waals surface area contributed by atoms with E-state index >= 15 is 0 Å². The van der Waals surface area contributed by atoms with Gasteiger partial charge in [0.05, 0.1) is 0 Å². The molecule has 1 saturated heterocycles. The molecule has 0 radical (unpaired) electrons. The first-order valence-corrected chi connectivity index (χ1v) is 6.02. The van der Waals surface area contributed by atoms with Crippen LogP contribution in [0.3, 0.4) is 0 Å². The molecule has 0 bridgehead atoms. The predicted molar refractivity (Wildman–Crippen MR) is 63.1 cm³/mol. The Bertz CT molecular complexity index is 408. The first-order chi connectivity index (χ1) is 7.74. The lowest BCUT2D eigenvalue weighted by molar-refractivity contribution is -0.130. The van der Waals surface area contributed by atoms with Crippen LogP contribution in [-0.2, 0) is 4.79 Å². The van der Waals surface area contributed by atoms with E-state index < -0.39 is 0 Å². The van der Waals surface area contributed by atoms with E-state index in [0.717, 1.165) is 25.8 Å². The molecule has 0 aromatic heterocycles. The molecule has 1 unspecified atom stereocenters. The van der Waals surface area contributed by atoms with Gasteiger partial charge in [0, 0.05) is 24.4 Å². The van der Waals surface area contributed by atoms with Crippen molar-refractivity contribution in [1.82, 2.24) is 4.90 Å². The van der Waals surface area contributed by atoms with Crippen molar-refractivity contribution in [3.8, 4) is 0 Å². The molecule has 3 rings (SSSR count). The van der Waals surface area contributed by atoms with Gasteiger partial charge >= 0.3 is 0 Å². The highest BCUT2D eigenvalue weighted by molar-refractivity contribution is 5.89. The normalized spacial score (nSPS) is 28.3. The van der Waals surface area contributed by atoms with Crippen molar-refractivity contribution < 1.29 is 4.79 Å². The summed E-state index contributed by atoms with van der Waals surface area (Å²) in [5, 5.41) is 0. The van der Waals surface area contributed by atoms with E-state index in [1.54, 1.807) is 0 Å². The monoisotopic (exact) mass is 215 g/mol. The van der Waals surface area contributed by atoms with Crippen molar-refractivity contribution in [3.05, 3.63) is 35.9 Å². The number of ketones is 1. The van der Waals surface area contributed by atoms with E-state index in [1.165, 1.54) is 5.56 Å². The first kappa shape index (κ1) is 10.0. The van der Waals surface area contributed by atoms with Crippen molar-refractivity contribution in [2.75, 3.05) is 13.6 Å². The summed E-state index contributed by atoms with van der Waals surface area (Å²) in [7, 11) is 2.14. The van der Waals surface area contributed by atoms with Gasteiger partial charge in [-0.05, 0) is 25.5 Å². The lowest BCUT2D eigenvalue weighted by Gasteiger charge is -2.39. The lowest BCUT2D eigenvalue weighted by atomic mass is 9.81. The zero-order valence-corrected chi connectivity index (χ0v) is 9.65. The van der Waals surface area contributed by atoms with Crippen LogP contribution >= 0.6 is 0 Å². The molecule has 1 spiro atoms. The Morgan fingerprint density at radius 2 is 1.94 bits per heavy atom. The van der Waals surface area contributed by atoms with Gasteiger partial charge in [-0.2, -0.15) is 0 Å². The Balaban J connectivity index is 2.01. The molecule has 16 heavy (non-hydrogen) atoms. The topological polar surface area (TPSA) is 20.3 Å². The Morgan fingerprint density at radius 1 is 1.25 bits per heavy atom. The fourth-order valence-electron chi connectivity index (χ4n) is 3.13. The minimum absolute atomic E-state index is 0.0334. The van der Waals surface area contributed by atoms with Gasteiger partial charge < -0.3 is 0 Å². The van der Waals surface area contributed by atoms with Gasteiger partial charge in [0.1, 0.15) is 5.78 Å². The maximum Gasteiger partial charge on any atom is 0.142 e. The number of carbonyl (C=O) groups is 1. The van der Waals surface area contributed by atoms with Crippen LogP contribution in [0.1, 0.15) is 30.9 Å². The summed E-state index contributed by atoms with van der Waals surface area (Å²) in [6, 6.07) is 10.8. The van der Waals surface area contributed by atoms with Crippen molar-refractivity contribution in [1.29, 1.82) is 0 Å². The largest absolute Gasteiger partial charge is 0.299 e. The Labute approximate surface area is 96.3 Å².